The summed E-state index contributed by atoms with van der Waals surface area (Å²) in [6.45, 7) is 2.41. The quantitative estimate of drug-likeness (QED) is 0.592. The maximum atomic E-state index is 13.4. The molecule has 0 aromatic heterocycles. The number of hydrogen-bond acceptors (Lipinski definition) is 4. The van der Waals surface area contributed by atoms with Crippen molar-refractivity contribution < 1.29 is 23.5 Å². The Morgan fingerprint density at radius 3 is 2.42 bits per heavy atom. The van der Waals surface area contributed by atoms with Crippen LogP contribution in [0.4, 0.5) is 21.5 Å². The molecule has 0 aliphatic carbocycles. The summed E-state index contributed by atoms with van der Waals surface area (Å²) in [5.74, 6) is -1.22. The SMILES string of the molecule is CCOc1ccc(NC(=O)C[C@@H]2C(=O)Nc3ccccc3N2C(=O)c2ccc(F)cc2)cc1. The van der Waals surface area contributed by atoms with E-state index in [2.05, 4.69) is 10.6 Å². The van der Waals surface area contributed by atoms with Gasteiger partial charge in [-0.25, -0.2) is 4.39 Å². The van der Waals surface area contributed by atoms with Gasteiger partial charge in [0.05, 0.1) is 24.4 Å². The van der Waals surface area contributed by atoms with E-state index in [4.69, 9.17) is 4.74 Å². The lowest BCUT2D eigenvalue weighted by Crippen LogP contribution is -2.52. The maximum absolute atomic E-state index is 13.4. The molecule has 168 valence electrons. The molecule has 3 amide bonds. The molecular weight excluding hydrogens is 425 g/mol. The van der Waals surface area contributed by atoms with Gasteiger partial charge >= 0.3 is 0 Å². The van der Waals surface area contributed by atoms with Crippen molar-refractivity contribution in [3.8, 4) is 5.75 Å². The fraction of sp³-hybridized carbons (Fsp3) is 0.160. The fourth-order valence-corrected chi connectivity index (χ4v) is 3.65. The van der Waals surface area contributed by atoms with Gasteiger partial charge in [-0.15, -0.1) is 0 Å². The first-order valence-corrected chi connectivity index (χ1v) is 10.5. The Balaban J connectivity index is 1.59. The van der Waals surface area contributed by atoms with E-state index >= 15 is 0 Å². The van der Waals surface area contributed by atoms with E-state index in [1.807, 2.05) is 6.92 Å². The third kappa shape index (κ3) is 4.85. The fourth-order valence-electron chi connectivity index (χ4n) is 3.65. The molecule has 7 nitrogen and oxygen atoms in total. The summed E-state index contributed by atoms with van der Waals surface area (Å²) in [5, 5.41) is 5.50. The molecule has 8 heteroatoms. The summed E-state index contributed by atoms with van der Waals surface area (Å²) in [4.78, 5) is 40.3. The Hall–Kier alpha value is -4.20. The van der Waals surface area contributed by atoms with Gasteiger partial charge in [0.2, 0.25) is 11.8 Å². The van der Waals surface area contributed by atoms with Gasteiger partial charge in [-0.2, -0.15) is 0 Å². The molecule has 0 spiro atoms. The minimum atomic E-state index is -1.08. The van der Waals surface area contributed by atoms with Crippen molar-refractivity contribution in [2.24, 2.45) is 0 Å². The Morgan fingerprint density at radius 1 is 1.03 bits per heavy atom. The summed E-state index contributed by atoms with van der Waals surface area (Å²) in [6.07, 6.45) is -0.264. The molecule has 33 heavy (non-hydrogen) atoms. The van der Waals surface area contributed by atoms with Gasteiger partial charge in [0, 0.05) is 11.3 Å². The molecule has 0 saturated carbocycles. The van der Waals surface area contributed by atoms with Crippen molar-refractivity contribution in [3.63, 3.8) is 0 Å². The average molecular weight is 447 g/mol. The van der Waals surface area contributed by atoms with Gasteiger partial charge in [0.15, 0.2) is 0 Å². The van der Waals surface area contributed by atoms with Gasteiger partial charge in [-0.05, 0) is 67.6 Å². The van der Waals surface area contributed by atoms with Gasteiger partial charge in [-0.1, -0.05) is 12.1 Å². The molecule has 4 rings (SSSR count). The van der Waals surface area contributed by atoms with Crippen molar-refractivity contribution >= 4 is 34.8 Å². The molecule has 3 aromatic carbocycles. The predicted octanol–water partition coefficient (Wildman–Crippen LogP) is 4.22. The second kappa shape index (κ2) is 9.52. The van der Waals surface area contributed by atoms with E-state index in [9.17, 15) is 18.8 Å². The second-order valence-corrected chi connectivity index (χ2v) is 7.41. The Kier molecular flexibility index (Phi) is 6.35. The van der Waals surface area contributed by atoms with E-state index in [0.29, 0.717) is 29.4 Å². The van der Waals surface area contributed by atoms with Crippen molar-refractivity contribution in [3.05, 3.63) is 84.2 Å². The number of nitrogens with zero attached hydrogens (tertiary/aromatic N) is 1. The summed E-state index contributed by atoms with van der Waals surface area (Å²) in [6, 6.07) is 17.7. The number of carbonyl (C=O) groups is 3. The molecule has 0 fully saturated rings. The van der Waals surface area contributed by atoms with Crippen LogP contribution in [0, 0.1) is 5.82 Å². The highest BCUT2D eigenvalue weighted by Crippen LogP contribution is 2.34. The largest absolute Gasteiger partial charge is 0.494 e. The maximum Gasteiger partial charge on any atom is 0.259 e. The topological polar surface area (TPSA) is 87.7 Å². The molecule has 2 N–H and O–H groups in total. The number of para-hydroxylation sites is 2. The minimum absolute atomic E-state index is 0.206. The number of amides is 3. The van der Waals surface area contributed by atoms with Crippen LogP contribution in [0.2, 0.25) is 0 Å². The second-order valence-electron chi connectivity index (χ2n) is 7.41. The Labute approximate surface area is 190 Å². The van der Waals surface area contributed by atoms with Crippen molar-refractivity contribution in [2.45, 2.75) is 19.4 Å². The van der Waals surface area contributed by atoms with Crippen molar-refractivity contribution in [1.82, 2.24) is 0 Å². The molecule has 1 aliphatic heterocycles. The summed E-state index contributed by atoms with van der Waals surface area (Å²) in [7, 11) is 0. The number of carbonyl (C=O) groups excluding carboxylic acids is 3. The standard InChI is InChI=1S/C25H22FN3O4/c1-2-33-19-13-11-18(12-14-19)27-23(30)15-22-24(31)28-20-5-3-4-6-21(20)29(22)25(32)16-7-9-17(26)10-8-16/h3-14,22H,2,15H2,1H3,(H,27,30)(H,28,31)/t22-/m1/s1. The van der Waals surface area contributed by atoms with Crippen molar-refractivity contribution in [2.75, 3.05) is 22.1 Å². The van der Waals surface area contributed by atoms with Crippen LogP contribution in [0.3, 0.4) is 0 Å². The summed E-state index contributed by atoms with van der Waals surface area (Å²) in [5.41, 5.74) is 1.67. The molecule has 0 unspecified atom stereocenters. The van der Waals surface area contributed by atoms with Gasteiger partial charge in [0.1, 0.15) is 17.6 Å². The minimum Gasteiger partial charge on any atom is -0.494 e. The lowest BCUT2D eigenvalue weighted by atomic mass is 10.0. The van der Waals surface area contributed by atoms with Crippen LogP contribution >= 0.6 is 0 Å². The molecular formula is C25H22FN3O4. The number of ether oxygens (including phenoxy) is 1. The molecule has 1 heterocycles. The van der Waals surface area contributed by atoms with Crippen LogP contribution in [0.5, 0.6) is 5.75 Å². The van der Waals surface area contributed by atoms with Crippen LogP contribution < -0.4 is 20.3 Å². The number of rotatable bonds is 6. The van der Waals surface area contributed by atoms with Crippen molar-refractivity contribution in [1.29, 1.82) is 0 Å². The van der Waals surface area contributed by atoms with Crippen LogP contribution in [-0.2, 0) is 9.59 Å². The third-order valence-corrected chi connectivity index (χ3v) is 5.17. The molecule has 1 aliphatic rings. The number of hydrogen-bond donors (Lipinski definition) is 2. The lowest BCUT2D eigenvalue weighted by Gasteiger charge is -2.36. The zero-order chi connectivity index (χ0) is 23.4. The number of nitrogens with one attached hydrogen (secondary N) is 2. The molecule has 0 saturated heterocycles. The van der Waals surface area contributed by atoms with Crippen LogP contribution in [0.25, 0.3) is 0 Å². The third-order valence-electron chi connectivity index (χ3n) is 5.17. The highest BCUT2D eigenvalue weighted by molar-refractivity contribution is 6.17. The zero-order valence-corrected chi connectivity index (χ0v) is 17.9. The van der Waals surface area contributed by atoms with Gasteiger partial charge < -0.3 is 15.4 Å². The summed E-state index contributed by atoms with van der Waals surface area (Å²) >= 11 is 0. The zero-order valence-electron chi connectivity index (χ0n) is 17.9. The molecule has 1 atom stereocenters. The first-order chi connectivity index (χ1) is 16.0. The van der Waals surface area contributed by atoms with Crippen LogP contribution in [0.15, 0.2) is 72.8 Å². The van der Waals surface area contributed by atoms with E-state index in [1.54, 1.807) is 48.5 Å². The van der Waals surface area contributed by atoms with E-state index in [0.717, 1.165) is 0 Å². The monoisotopic (exact) mass is 447 g/mol. The van der Waals surface area contributed by atoms with Gasteiger partial charge in [0.25, 0.3) is 5.91 Å². The van der Waals surface area contributed by atoms with E-state index < -0.39 is 29.6 Å². The Morgan fingerprint density at radius 2 is 1.73 bits per heavy atom. The average Bonchev–Trinajstić information content (AvgIpc) is 2.81. The molecule has 0 bridgehead atoms. The van der Waals surface area contributed by atoms with Gasteiger partial charge in [-0.3, -0.25) is 19.3 Å². The normalized spacial score (nSPS) is 14.8. The molecule has 0 radical (unpaired) electrons. The highest BCUT2D eigenvalue weighted by Gasteiger charge is 2.38. The number of halogens is 1. The van der Waals surface area contributed by atoms with Crippen LogP contribution in [0.1, 0.15) is 23.7 Å². The highest BCUT2D eigenvalue weighted by atomic mass is 19.1. The van der Waals surface area contributed by atoms with E-state index in [1.165, 1.54) is 29.2 Å². The number of anilines is 3. The summed E-state index contributed by atoms with van der Waals surface area (Å²) < 4.78 is 18.8. The first-order valence-electron chi connectivity index (χ1n) is 10.5. The van der Waals surface area contributed by atoms with Crippen LogP contribution in [-0.4, -0.2) is 30.4 Å². The van der Waals surface area contributed by atoms with E-state index in [-0.39, 0.29) is 12.0 Å². The molecule has 3 aromatic rings. The number of fused-ring (bicyclic) bond motifs is 1. The lowest BCUT2D eigenvalue weighted by molar-refractivity contribution is -0.122. The predicted molar refractivity (Wildman–Crippen MR) is 123 cm³/mol. The smallest absolute Gasteiger partial charge is 0.259 e. The first kappa shape index (κ1) is 22.0. The Bertz CT molecular complexity index is 1180. The number of benzene rings is 3.